The largest absolute Gasteiger partial charge is 0.478 e. The zero-order chi connectivity index (χ0) is 11.4. The molecule has 1 saturated heterocycles. The van der Waals surface area contributed by atoms with Gasteiger partial charge in [-0.3, -0.25) is 0 Å². The van der Waals surface area contributed by atoms with Gasteiger partial charge in [-0.25, -0.2) is 9.78 Å². The van der Waals surface area contributed by atoms with Crippen LogP contribution in [0.5, 0.6) is 0 Å². The highest BCUT2D eigenvalue weighted by atomic mass is 16.4. The van der Waals surface area contributed by atoms with Gasteiger partial charge in [0.05, 0.1) is 5.56 Å². The number of hydrogen-bond acceptors (Lipinski definition) is 3. The maximum Gasteiger partial charge on any atom is 0.337 e. The van der Waals surface area contributed by atoms with Crippen LogP contribution >= 0.6 is 0 Å². The number of carboxylic acid groups (broad SMARTS) is 1. The van der Waals surface area contributed by atoms with Gasteiger partial charge in [0.15, 0.2) is 0 Å². The molecule has 0 aliphatic carbocycles. The quantitative estimate of drug-likeness (QED) is 0.829. The van der Waals surface area contributed by atoms with E-state index >= 15 is 0 Å². The van der Waals surface area contributed by atoms with Crippen molar-refractivity contribution in [1.29, 1.82) is 0 Å². The number of rotatable bonds is 2. The lowest BCUT2D eigenvalue weighted by Crippen LogP contribution is -2.24. The Bertz CT molecular complexity index is 354. The fraction of sp³-hybridized carbons (Fsp3) is 0.500. The Kier molecular flexibility index (Phi) is 3.39. The van der Waals surface area contributed by atoms with E-state index < -0.39 is 5.97 Å². The van der Waals surface area contributed by atoms with Gasteiger partial charge in [0.2, 0.25) is 0 Å². The molecule has 0 aromatic carbocycles. The molecule has 2 rings (SSSR count). The van der Waals surface area contributed by atoms with Gasteiger partial charge in [-0.05, 0) is 25.0 Å². The molecule has 1 aliphatic heterocycles. The van der Waals surface area contributed by atoms with Crippen molar-refractivity contribution >= 4 is 11.8 Å². The molecule has 0 saturated carbocycles. The SMILES string of the molecule is O=C(O)c1ccc(N2CCCCCC2)nc1. The third-order valence-electron chi connectivity index (χ3n) is 2.92. The van der Waals surface area contributed by atoms with E-state index in [1.165, 1.54) is 31.9 Å². The average Bonchev–Trinajstić information content (AvgIpc) is 2.57. The predicted octanol–water partition coefficient (Wildman–Crippen LogP) is 2.16. The summed E-state index contributed by atoms with van der Waals surface area (Å²) in [6.07, 6.45) is 6.39. The fourth-order valence-electron chi connectivity index (χ4n) is 2.00. The van der Waals surface area contributed by atoms with Crippen LogP contribution in [0.2, 0.25) is 0 Å². The van der Waals surface area contributed by atoms with Crippen LogP contribution in [0.15, 0.2) is 18.3 Å². The smallest absolute Gasteiger partial charge is 0.337 e. The molecule has 4 nitrogen and oxygen atoms in total. The number of carbonyl (C=O) groups is 1. The van der Waals surface area contributed by atoms with Crippen LogP contribution in [0.1, 0.15) is 36.0 Å². The standard InChI is InChI=1S/C12H16N2O2/c15-12(16)10-5-6-11(13-9-10)14-7-3-1-2-4-8-14/h5-6,9H,1-4,7-8H2,(H,15,16). The molecule has 4 heteroatoms. The molecule has 16 heavy (non-hydrogen) atoms. The van der Waals surface area contributed by atoms with Gasteiger partial charge in [-0.2, -0.15) is 0 Å². The van der Waals surface area contributed by atoms with E-state index in [1.807, 2.05) is 0 Å². The van der Waals surface area contributed by atoms with Crippen LogP contribution in [0, 0.1) is 0 Å². The molecular formula is C12H16N2O2. The number of aromatic carboxylic acids is 1. The first kappa shape index (κ1) is 10.9. The summed E-state index contributed by atoms with van der Waals surface area (Å²) >= 11 is 0. The molecule has 1 fully saturated rings. The molecule has 0 spiro atoms. The minimum atomic E-state index is -0.921. The van der Waals surface area contributed by atoms with Gasteiger partial charge in [0.25, 0.3) is 0 Å². The van der Waals surface area contributed by atoms with E-state index in [2.05, 4.69) is 9.88 Å². The molecule has 0 atom stereocenters. The Morgan fingerprint density at radius 2 is 1.88 bits per heavy atom. The first-order valence-electron chi connectivity index (χ1n) is 5.71. The number of hydrogen-bond donors (Lipinski definition) is 1. The average molecular weight is 220 g/mol. The van der Waals surface area contributed by atoms with Crippen LogP contribution in [0.4, 0.5) is 5.82 Å². The lowest BCUT2D eigenvalue weighted by atomic mass is 10.2. The number of pyridine rings is 1. The van der Waals surface area contributed by atoms with Crippen molar-refractivity contribution in [2.24, 2.45) is 0 Å². The van der Waals surface area contributed by atoms with Gasteiger partial charge >= 0.3 is 5.97 Å². The van der Waals surface area contributed by atoms with Crippen molar-refractivity contribution in [3.63, 3.8) is 0 Å². The van der Waals surface area contributed by atoms with Crippen molar-refractivity contribution in [1.82, 2.24) is 4.98 Å². The minimum absolute atomic E-state index is 0.249. The maximum atomic E-state index is 10.7. The summed E-state index contributed by atoms with van der Waals surface area (Å²) in [4.78, 5) is 17.1. The van der Waals surface area contributed by atoms with Crippen LogP contribution in [0.3, 0.4) is 0 Å². The summed E-state index contributed by atoms with van der Waals surface area (Å²) in [5, 5.41) is 8.78. The van der Waals surface area contributed by atoms with Gasteiger partial charge in [-0.1, -0.05) is 12.8 Å². The molecule has 0 unspecified atom stereocenters. The molecule has 1 aliphatic rings. The minimum Gasteiger partial charge on any atom is -0.478 e. The maximum absolute atomic E-state index is 10.7. The second-order valence-corrected chi connectivity index (χ2v) is 4.11. The number of aromatic nitrogens is 1. The highest BCUT2D eigenvalue weighted by Crippen LogP contribution is 2.17. The molecule has 0 radical (unpaired) electrons. The van der Waals surface area contributed by atoms with E-state index in [0.717, 1.165) is 18.9 Å². The Labute approximate surface area is 94.9 Å². The van der Waals surface area contributed by atoms with E-state index in [0.29, 0.717) is 0 Å². The van der Waals surface area contributed by atoms with Gasteiger partial charge in [-0.15, -0.1) is 0 Å². The van der Waals surface area contributed by atoms with Crippen molar-refractivity contribution in [3.8, 4) is 0 Å². The lowest BCUT2D eigenvalue weighted by Gasteiger charge is -2.21. The lowest BCUT2D eigenvalue weighted by molar-refractivity contribution is 0.0696. The summed E-state index contributed by atoms with van der Waals surface area (Å²) < 4.78 is 0. The molecule has 1 aromatic heterocycles. The fourth-order valence-corrected chi connectivity index (χ4v) is 2.00. The Hall–Kier alpha value is -1.58. The first-order chi connectivity index (χ1) is 7.77. The molecule has 1 aromatic rings. The van der Waals surface area contributed by atoms with Crippen molar-refractivity contribution < 1.29 is 9.90 Å². The van der Waals surface area contributed by atoms with Crippen molar-refractivity contribution in [2.75, 3.05) is 18.0 Å². The summed E-state index contributed by atoms with van der Waals surface area (Å²) in [5.41, 5.74) is 0.249. The van der Waals surface area contributed by atoms with Crippen LogP contribution in [-0.4, -0.2) is 29.1 Å². The normalized spacial score (nSPS) is 16.9. The molecule has 0 amide bonds. The van der Waals surface area contributed by atoms with Gasteiger partial charge < -0.3 is 10.0 Å². The third-order valence-corrected chi connectivity index (χ3v) is 2.92. The molecule has 86 valence electrons. The highest BCUT2D eigenvalue weighted by Gasteiger charge is 2.11. The van der Waals surface area contributed by atoms with Crippen molar-refractivity contribution in [2.45, 2.75) is 25.7 Å². The zero-order valence-corrected chi connectivity index (χ0v) is 9.22. The Morgan fingerprint density at radius 1 is 1.19 bits per heavy atom. The van der Waals surface area contributed by atoms with E-state index in [4.69, 9.17) is 5.11 Å². The van der Waals surface area contributed by atoms with E-state index in [9.17, 15) is 4.79 Å². The first-order valence-corrected chi connectivity index (χ1v) is 5.71. The summed E-state index contributed by atoms with van der Waals surface area (Å²) in [5.74, 6) is -0.0261. The molecular weight excluding hydrogens is 204 g/mol. The monoisotopic (exact) mass is 220 g/mol. The Morgan fingerprint density at radius 3 is 2.38 bits per heavy atom. The summed E-state index contributed by atoms with van der Waals surface area (Å²) in [7, 11) is 0. The predicted molar refractivity (Wildman–Crippen MR) is 61.9 cm³/mol. The van der Waals surface area contributed by atoms with E-state index in [-0.39, 0.29) is 5.56 Å². The van der Waals surface area contributed by atoms with Crippen LogP contribution in [0.25, 0.3) is 0 Å². The van der Waals surface area contributed by atoms with Crippen molar-refractivity contribution in [3.05, 3.63) is 23.9 Å². The highest BCUT2D eigenvalue weighted by molar-refractivity contribution is 5.87. The summed E-state index contributed by atoms with van der Waals surface area (Å²) in [6.45, 7) is 2.05. The topological polar surface area (TPSA) is 53.4 Å². The third kappa shape index (κ3) is 2.51. The number of anilines is 1. The van der Waals surface area contributed by atoms with Crippen LogP contribution in [-0.2, 0) is 0 Å². The van der Waals surface area contributed by atoms with Gasteiger partial charge in [0, 0.05) is 19.3 Å². The number of carboxylic acids is 1. The second kappa shape index (κ2) is 4.96. The summed E-state index contributed by atoms with van der Waals surface area (Å²) in [6, 6.07) is 3.42. The van der Waals surface area contributed by atoms with E-state index in [1.54, 1.807) is 12.1 Å². The second-order valence-electron chi connectivity index (χ2n) is 4.11. The number of nitrogens with zero attached hydrogens (tertiary/aromatic N) is 2. The van der Waals surface area contributed by atoms with Crippen LogP contribution < -0.4 is 4.90 Å². The molecule has 0 bridgehead atoms. The Balaban J connectivity index is 2.10. The molecule has 1 N–H and O–H groups in total. The molecule has 2 heterocycles. The zero-order valence-electron chi connectivity index (χ0n) is 9.22. The van der Waals surface area contributed by atoms with Gasteiger partial charge in [0.1, 0.15) is 5.82 Å².